The lowest BCUT2D eigenvalue weighted by Gasteiger charge is -2.14. The Labute approximate surface area is 132 Å². The Morgan fingerprint density at radius 2 is 2.36 bits per heavy atom. The molecule has 0 aliphatic heterocycles. The Kier molecular flexibility index (Phi) is 5.47. The molecule has 2 aromatic rings. The van der Waals surface area contributed by atoms with Gasteiger partial charge in [-0.3, -0.25) is 9.69 Å². The minimum Gasteiger partial charge on any atom is -0.468 e. The van der Waals surface area contributed by atoms with Gasteiger partial charge < -0.3 is 9.26 Å². The van der Waals surface area contributed by atoms with Crippen LogP contribution in [0.4, 0.5) is 0 Å². The third-order valence-electron chi connectivity index (χ3n) is 2.78. The fourth-order valence-corrected chi connectivity index (χ4v) is 1.96. The summed E-state index contributed by atoms with van der Waals surface area (Å²) in [5, 5.41) is 13.2. The molecule has 8 heteroatoms. The maximum atomic E-state index is 11.3. The van der Waals surface area contributed by atoms with Crippen molar-refractivity contribution in [2.24, 2.45) is 0 Å². The minimum atomic E-state index is -0.436. The van der Waals surface area contributed by atoms with Gasteiger partial charge in [0.1, 0.15) is 0 Å². The van der Waals surface area contributed by atoms with Crippen LogP contribution in [0, 0.1) is 11.3 Å². The summed E-state index contributed by atoms with van der Waals surface area (Å²) in [4.78, 5) is 17.1. The molecule has 1 heterocycles. The van der Waals surface area contributed by atoms with Crippen LogP contribution in [0.15, 0.2) is 28.8 Å². The van der Waals surface area contributed by atoms with Crippen molar-refractivity contribution in [2.75, 3.05) is 20.2 Å². The molecule has 0 aliphatic rings. The highest BCUT2D eigenvalue weighted by Crippen LogP contribution is 2.21. The number of nitrogens with zero attached hydrogens (tertiary/aromatic N) is 4. The number of nitriles is 1. The van der Waals surface area contributed by atoms with Crippen LogP contribution in [0.5, 0.6) is 0 Å². The van der Waals surface area contributed by atoms with Gasteiger partial charge in [-0.25, -0.2) is 0 Å². The SMILES string of the molecule is COC(=O)CN(CC#N)Cc1noc(-c2cccc(Cl)c2)n1. The summed E-state index contributed by atoms with van der Waals surface area (Å²) in [6.45, 7) is 0.230. The number of hydrogen-bond acceptors (Lipinski definition) is 7. The van der Waals surface area contributed by atoms with Gasteiger partial charge in [0, 0.05) is 10.6 Å². The smallest absolute Gasteiger partial charge is 0.319 e. The third-order valence-corrected chi connectivity index (χ3v) is 3.01. The number of aromatic nitrogens is 2. The van der Waals surface area contributed by atoms with E-state index < -0.39 is 5.97 Å². The summed E-state index contributed by atoms with van der Waals surface area (Å²) in [6, 6.07) is 9.00. The molecular formula is C14H13ClN4O3. The van der Waals surface area contributed by atoms with Crippen LogP contribution in [0.25, 0.3) is 11.5 Å². The quantitative estimate of drug-likeness (QED) is 0.592. The number of methoxy groups -OCH3 is 1. The first-order valence-electron chi connectivity index (χ1n) is 6.37. The minimum absolute atomic E-state index is 0.0227. The highest BCUT2D eigenvalue weighted by atomic mass is 35.5. The molecule has 0 unspecified atom stereocenters. The van der Waals surface area contributed by atoms with E-state index >= 15 is 0 Å². The monoisotopic (exact) mass is 320 g/mol. The summed E-state index contributed by atoms with van der Waals surface area (Å²) in [6.07, 6.45) is 0. The lowest BCUT2D eigenvalue weighted by atomic mass is 10.2. The van der Waals surface area contributed by atoms with Crippen molar-refractivity contribution >= 4 is 17.6 Å². The molecule has 0 spiro atoms. The van der Waals surface area contributed by atoms with Crippen molar-refractivity contribution in [3.63, 3.8) is 0 Å². The standard InChI is InChI=1S/C14H13ClN4O3/c1-21-13(20)9-19(6-5-16)8-12-17-14(22-18-12)10-3-2-4-11(15)7-10/h2-4,7H,6,8-9H2,1H3. The van der Waals surface area contributed by atoms with E-state index in [1.54, 1.807) is 29.2 Å². The van der Waals surface area contributed by atoms with Crippen molar-refractivity contribution in [1.82, 2.24) is 15.0 Å². The first-order chi connectivity index (χ1) is 10.6. The second kappa shape index (κ2) is 7.54. The first kappa shape index (κ1) is 15.9. The van der Waals surface area contributed by atoms with Crippen molar-refractivity contribution in [1.29, 1.82) is 5.26 Å². The number of hydrogen-bond donors (Lipinski definition) is 0. The van der Waals surface area contributed by atoms with Gasteiger partial charge in [0.25, 0.3) is 5.89 Å². The van der Waals surface area contributed by atoms with E-state index in [9.17, 15) is 4.79 Å². The van der Waals surface area contributed by atoms with Crippen molar-refractivity contribution in [2.45, 2.75) is 6.54 Å². The Bertz CT molecular complexity index is 695. The van der Waals surface area contributed by atoms with E-state index in [-0.39, 0.29) is 19.6 Å². The molecule has 1 aromatic heterocycles. The van der Waals surface area contributed by atoms with Crippen LogP contribution >= 0.6 is 11.6 Å². The molecule has 1 aromatic carbocycles. The molecule has 7 nitrogen and oxygen atoms in total. The van der Waals surface area contributed by atoms with Crippen molar-refractivity contribution in [3.05, 3.63) is 35.1 Å². The van der Waals surface area contributed by atoms with Gasteiger partial charge in [0.15, 0.2) is 5.82 Å². The number of carbonyl (C=O) groups excluding carboxylic acids is 1. The van der Waals surface area contributed by atoms with Crippen LogP contribution in [-0.2, 0) is 16.1 Å². The van der Waals surface area contributed by atoms with Gasteiger partial charge in [-0.2, -0.15) is 10.2 Å². The lowest BCUT2D eigenvalue weighted by Crippen LogP contribution is -2.30. The molecule has 114 valence electrons. The molecule has 0 saturated heterocycles. The fourth-order valence-electron chi connectivity index (χ4n) is 1.77. The predicted octanol–water partition coefficient (Wildman–Crippen LogP) is 1.89. The molecule has 0 fully saturated rings. The van der Waals surface area contributed by atoms with Crippen LogP contribution < -0.4 is 0 Å². The highest BCUT2D eigenvalue weighted by Gasteiger charge is 2.16. The van der Waals surface area contributed by atoms with Crippen LogP contribution in [0.1, 0.15) is 5.82 Å². The predicted molar refractivity (Wildman–Crippen MR) is 77.7 cm³/mol. The number of benzene rings is 1. The summed E-state index contributed by atoms with van der Waals surface area (Å²) in [5.74, 6) is 0.260. The van der Waals surface area contributed by atoms with Crippen molar-refractivity contribution < 1.29 is 14.1 Å². The second-order valence-electron chi connectivity index (χ2n) is 4.41. The van der Waals surface area contributed by atoms with Gasteiger partial charge in [0.05, 0.1) is 32.8 Å². The van der Waals surface area contributed by atoms with Gasteiger partial charge in [-0.15, -0.1) is 0 Å². The van der Waals surface area contributed by atoms with E-state index in [1.165, 1.54) is 7.11 Å². The molecule has 0 radical (unpaired) electrons. The summed E-state index contributed by atoms with van der Waals surface area (Å²) >= 11 is 5.91. The molecule has 0 amide bonds. The number of esters is 1. The molecule has 0 bridgehead atoms. The molecular weight excluding hydrogens is 308 g/mol. The highest BCUT2D eigenvalue weighted by molar-refractivity contribution is 6.30. The maximum Gasteiger partial charge on any atom is 0.319 e. The van der Waals surface area contributed by atoms with E-state index in [0.717, 1.165) is 0 Å². The molecule has 22 heavy (non-hydrogen) atoms. The Morgan fingerprint density at radius 1 is 1.55 bits per heavy atom. The van der Waals surface area contributed by atoms with Gasteiger partial charge in [-0.1, -0.05) is 22.8 Å². The number of ether oxygens (including phenoxy) is 1. The number of carbonyl (C=O) groups is 1. The van der Waals surface area contributed by atoms with Gasteiger partial charge in [-0.05, 0) is 18.2 Å². The van der Waals surface area contributed by atoms with Gasteiger partial charge in [0.2, 0.25) is 0 Å². The Morgan fingerprint density at radius 3 is 3.05 bits per heavy atom. The zero-order chi connectivity index (χ0) is 15.9. The third kappa shape index (κ3) is 4.28. The maximum absolute atomic E-state index is 11.3. The zero-order valence-electron chi connectivity index (χ0n) is 11.8. The van der Waals surface area contributed by atoms with Gasteiger partial charge >= 0.3 is 5.97 Å². The second-order valence-corrected chi connectivity index (χ2v) is 4.84. The molecule has 0 atom stereocenters. The number of rotatable bonds is 6. The lowest BCUT2D eigenvalue weighted by molar-refractivity contribution is -0.141. The summed E-state index contributed by atoms with van der Waals surface area (Å²) in [7, 11) is 1.29. The van der Waals surface area contributed by atoms with E-state index in [0.29, 0.717) is 22.3 Å². The topological polar surface area (TPSA) is 92.2 Å². The normalized spacial score (nSPS) is 10.5. The molecule has 0 N–H and O–H groups in total. The Balaban J connectivity index is 2.10. The summed E-state index contributed by atoms with van der Waals surface area (Å²) < 4.78 is 9.75. The molecule has 2 rings (SSSR count). The molecule has 0 saturated carbocycles. The molecule has 0 aliphatic carbocycles. The van der Waals surface area contributed by atoms with Crippen LogP contribution in [-0.4, -0.2) is 41.2 Å². The fraction of sp³-hybridized carbons (Fsp3) is 0.286. The number of halogens is 1. The summed E-state index contributed by atoms with van der Waals surface area (Å²) in [5.41, 5.74) is 0.700. The largest absolute Gasteiger partial charge is 0.468 e. The Hall–Kier alpha value is -2.43. The van der Waals surface area contributed by atoms with Crippen LogP contribution in [0.3, 0.4) is 0 Å². The van der Waals surface area contributed by atoms with E-state index in [4.69, 9.17) is 21.4 Å². The van der Waals surface area contributed by atoms with E-state index in [2.05, 4.69) is 14.9 Å². The average molecular weight is 321 g/mol. The van der Waals surface area contributed by atoms with E-state index in [1.807, 2.05) is 6.07 Å². The average Bonchev–Trinajstić information content (AvgIpc) is 2.96. The zero-order valence-corrected chi connectivity index (χ0v) is 12.6. The first-order valence-corrected chi connectivity index (χ1v) is 6.75. The van der Waals surface area contributed by atoms with Crippen LogP contribution in [0.2, 0.25) is 5.02 Å². The van der Waals surface area contributed by atoms with Crippen molar-refractivity contribution in [3.8, 4) is 17.5 Å².